The second-order valence-electron chi connectivity index (χ2n) is 1.53. The Morgan fingerprint density at radius 2 is 1.89 bits per heavy atom. The summed E-state index contributed by atoms with van der Waals surface area (Å²) in [6.07, 6.45) is 5.07. The highest BCUT2D eigenvalue weighted by atomic mass is 32.2. The Balaban J connectivity index is 2.76. The van der Waals surface area contributed by atoms with Crippen molar-refractivity contribution in [2.24, 2.45) is 0 Å². The molecule has 0 amide bonds. The molecule has 0 N–H and O–H groups in total. The Hall–Kier alpha value is -0.870. The van der Waals surface area contributed by atoms with Crippen LogP contribution in [0.15, 0.2) is 35.2 Å². The molecule has 0 bridgehead atoms. The first-order valence-electron chi connectivity index (χ1n) is 2.61. The van der Waals surface area contributed by atoms with Gasteiger partial charge in [0.1, 0.15) is 0 Å². The fourth-order valence-corrected chi connectivity index (χ4v) is 0.986. The van der Waals surface area contributed by atoms with E-state index < -0.39 is 0 Å². The maximum atomic E-state index is 5.07. The third kappa shape index (κ3) is 1.83. The average molecular weight is 134 g/mol. The molecule has 0 unspecified atom stereocenters. The van der Waals surface area contributed by atoms with Gasteiger partial charge in [-0.05, 0) is 29.1 Å². The standard InChI is InChI=1S/C8H6S/c1-2-9-8-6-4-3-5-7-8/h1,3-7H. The van der Waals surface area contributed by atoms with Crippen molar-refractivity contribution in [1.82, 2.24) is 0 Å². The van der Waals surface area contributed by atoms with Crippen LogP contribution in [0.3, 0.4) is 0 Å². The summed E-state index contributed by atoms with van der Waals surface area (Å²) in [6, 6.07) is 9.90. The van der Waals surface area contributed by atoms with Gasteiger partial charge in [0.15, 0.2) is 0 Å². The molecule has 1 aromatic carbocycles. The minimum Gasteiger partial charge on any atom is -0.108 e. The largest absolute Gasteiger partial charge is 0.108 e. The molecule has 1 heteroatoms. The zero-order valence-electron chi connectivity index (χ0n) is 4.87. The van der Waals surface area contributed by atoms with Crippen molar-refractivity contribution in [1.29, 1.82) is 0 Å². The highest BCUT2D eigenvalue weighted by Crippen LogP contribution is 2.13. The first-order valence-corrected chi connectivity index (χ1v) is 3.42. The van der Waals surface area contributed by atoms with E-state index in [0.717, 1.165) is 4.90 Å². The predicted molar refractivity (Wildman–Crippen MR) is 41.1 cm³/mol. The lowest BCUT2D eigenvalue weighted by molar-refractivity contribution is 1.48. The van der Waals surface area contributed by atoms with E-state index in [9.17, 15) is 0 Å². The van der Waals surface area contributed by atoms with Crippen LogP contribution in [-0.4, -0.2) is 0 Å². The third-order valence-electron chi connectivity index (χ3n) is 0.920. The molecule has 0 saturated carbocycles. The van der Waals surface area contributed by atoms with Crippen LogP contribution in [0, 0.1) is 11.7 Å². The van der Waals surface area contributed by atoms with Crippen molar-refractivity contribution >= 4 is 11.8 Å². The molecule has 0 heterocycles. The molecule has 0 aliphatic carbocycles. The normalized spacial score (nSPS) is 8.33. The highest BCUT2D eigenvalue weighted by molar-refractivity contribution is 8.03. The highest BCUT2D eigenvalue weighted by Gasteiger charge is 1.83. The Bertz CT molecular complexity index is 208. The van der Waals surface area contributed by atoms with Gasteiger partial charge in [-0.25, -0.2) is 0 Å². The quantitative estimate of drug-likeness (QED) is 0.419. The van der Waals surface area contributed by atoms with E-state index in [-0.39, 0.29) is 0 Å². The first-order chi connectivity index (χ1) is 4.43. The Morgan fingerprint density at radius 3 is 2.44 bits per heavy atom. The minimum absolute atomic E-state index is 1.13. The predicted octanol–water partition coefficient (Wildman–Crippen LogP) is 2.37. The van der Waals surface area contributed by atoms with Crippen molar-refractivity contribution < 1.29 is 0 Å². The average Bonchev–Trinajstić information content (AvgIpc) is 1.91. The van der Waals surface area contributed by atoms with Gasteiger partial charge in [-0.15, -0.1) is 6.42 Å². The summed E-state index contributed by atoms with van der Waals surface area (Å²) in [6.45, 7) is 0. The second-order valence-corrected chi connectivity index (χ2v) is 2.44. The lowest BCUT2D eigenvalue weighted by atomic mass is 10.4. The van der Waals surface area contributed by atoms with Crippen LogP contribution in [0.25, 0.3) is 0 Å². The molecule has 0 atom stereocenters. The van der Waals surface area contributed by atoms with Gasteiger partial charge in [0, 0.05) is 4.90 Å². The lowest BCUT2D eigenvalue weighted by Crippen LogP contribution is -1.62. The lowest BCUT2D eigenvalue weighted by Gasteiger charge is -1.88. The molecule has 0 aliphatic rings. The summed E-state index contributed by atoms with van der Waals surface area (Å²) in [5.41, 5.74) is 0. The van der Waals surface area contributed by atoms with Gasteiger partial charge in [-0.3, -0.25) is 0 Å². The van der Waals surface area contributed by atoms with E-state index in [1.54, 1.807) is 0 Å². The molecular weight excluding hydrogens is 128 g/mol. The van der Waals surface area contributed by atoms with Gasteiger partial charge in [-0.2, -0.15) is 0 Å². The minimum atomic E-state index is 1.13. The van der Waals surface area contributed by atoms with Crippen molar-refractivity contribution in [2.45, 2.75) is 4.90 Å². The number of benzene rings is 1. The fourth-order valence-electron chi connectivity index (χ4n) is 0.557. The van der Waals surface area contributed by atoms with Crippen molar-refractivity contribution in [3.8, 4) is 11.7 Å². The van der Waals surface area contributed by atoms with Crippen LogP contribution >= 0.6 is 11.8 Å². The van der Waals surface area contributed by atoms with Gasteiger partial charge in [-0.1, -0.05) is 18.2 Å². The van der Waals surface area contributed by atoms with Crippen LogP contribution in [0.4, 0.5) is 0 Å². The van der Waals surface area contributed by atoms with Crippen LogP contribution in [0.5, 0.6) is 0 Å². The SMILES string of the molecule is C#CSc1ccccc1. The number of terminal acetylenes is 1. The Morgan fingerprint density at radius 1 is 1.22 bits per heavy atom. The molecule has 0 aliphatic heterocycles. The van der Waals surface area contributed by atoms with E-state index in [1.165, 1.54) is 11.8 Å². The molecule has 0 saturated heterocycles. The summed E-state index contributed by atoms with van der Waals surface area (Å²) in [5.74, 6) is 0. The van der Waals surface area contributed by atoms with Gasteiger partial charge in [0.05, 0.1) is 0 Å². The molecule has 0 nitrogen and oxygen atoms in total. The summed E-state index contributed by atoms with van der Waals surface area (Å²) in [5, 5.41) is 2.50. The van der Waals surface area contributed by atoms with Crippen molar-refractivity contribution in [3.05, 3.63) is 30.3 Å². The molecular formula is C8H6S. The van der Waals surface area contributed by atoms with Gasteiger partial charge >= 0.3 is 0 Å². The maximum Gasteiger partial charge on any atom is 0.0203 e. The molecule has 0 spiro atoms. The van der Waals surface area contributed by atoms with Crippen molar-refractivity contribution in [3.63, 3.8) is 0 Å². The monoisotopic (exact) mass is 134 g/mol. The number of rotatable bonds is 1. The molecule has 0 aromatic heterocycles. The van der Waals surface area contributed by atoms with E-state index in [4.69, 9.17) is 6.42 Å². The topological polar surface area (TPSA) is 0 Å². The third-order valence-corrected chi connectivity index (χ3v) is 1.55. The van der Waals surface area contributed by atoms with E-state index in [0.29, 0.717) is 0 Å². The molecule has 0 radical (unpaired) electrons. The molecule has 1 rings (SSSR count). The first kappa shape index (κ1) is 6.25. The summed E-state index contributed by atoms with van der Waals surface area (Å²) >= 11 is 1.40. The summed E-state index contributed by atoms with van der Waals surface area (Å²) in [7, 11) is 0. The number of thioether (sulfide) groups is 1. The molecule has 44 valence electrons. The van der Waals surface area contributed by atoms with Gasteiger partial charge in [0.25, 0.3) is 0 Å². The van der Waals surface area contributed by atoms with Crippen LogP contribution in [0.2, 0.25) is 0 Å². The summed E-state index contributed by atoms with van der Waals surface area (Å²) < 4.78 is 0. The van der Waals surface area contributed by atoms with Crippen LogP contribution < -0.4 is 0 Å². The maximum absolute atomic E-state index is 5.07. The van der Waals surface area contributed by atoms with E-state index in [2.05, 4.69) is 5.25 Å². The second kappa shape index (κ2) is 3.21. The number of hydrogen-bond donors (Lipinski definition) is 0. The molecule has 1 aromatic rings. The van der Waals surface area contributed by atoms with Crippen LogP contribution in [-0.2, 0) is 0 Å². The van der Waals surface area contributed by atoms with Gasteiger partial charge in [0.2, 0.25) is 0 Å². The van der Waals surface area contributed by atoms with Crippen molar-refractivity contribution in [2.75, 3.05) is 0 Å². The van der Waals surface area contributed by atoms with Crippen LogP contribution in [0.1, 0.15) is 0 Å². The molecule has 0 fully saturated rings. The number of hydrogen-bond acceptors (Lipinski definition) is 1. The smallest absolute Gasteiger partial charge is 0.0203 e. The zero-order chi connectivity index (χ0) is 6.53. The van der Waals surface area contributed by atoms with E-state index in [1.807, 2.05) is 30.3 Å². The molecule has 9 heavy (non-hydrogen) atoms. The Labute approximate surface area is 59.3 Å². The zero-order valence-corrected chi connectivity index (χ0v) is 5.69. The Kier molecular flexibility index (Phi) is 2.23. The summed E-state index contributed by atoms with van der Waals surface area (Å²) in [4.78, 5) is 1.13. The fraction of sp³-hybridized carbons (Fsp3) is 0. The van der Waals surface area contributed by atoms with Gasteiger partial charge < -0.3 is 0 Å². The van der Waals surface area contributed by atoms with E-state index >= 15 is 0 Å².